The maximum Gasteiger partial charge on any atom is 0.407 e. The second-order valence-electron chi connectivity index (χ2n) is 7.16. The molecule has 1 amide bonds. The van der Waals surface area contributed by atoms with E-state index < -0.39 is 17.1 Å². The van der Waals surface area contributed by atoms with Crippen LogP contribution in [0.5, 0.6) is 0 Å². The van der Waals surface area contributed by atoms with Crippen molar-refractivity contribution in [1.82, 2.24) is 10.3 Å². The Morgan fingerprint density at radius 3 is 2.74 bits per heavy atom. The summed E-state index contributed by atoms with van der Waals surface area (Å²) in [5, 5.41) is 3.32. The third-order valence-electron chi connectivity index (χ3n) is 5.07. The fourth-order valence-corrected chi connectivity index (χ4v) is 5.03. The van der Waals surface area contributed by atoms with Crippen LogP contribution in [0, 0.1) is 0 Å². The average molecular weight is 456 g/mol. The van der Waals surface area contributed by atoms with Crippen molar-refractivity contribution in [3.63, 3.8) is 0 Å². The van der Waals surface area contributed by atoms with Crippen LogP contribution >= 0.6 is 11.6 Å². The van der Waals surface area contributed by atoms with E-state index in [1.807, 2.05) is 40.7 Å². The predicted molar refractivity (Wildman–Crippen MR) is 121 cm³/mol. The van der Waals surface area contributed by atoms with Crippen LogP contribution in [0.4, 0.5) is 10.5 Å². The first kappa shape index (κ1) is 21.3. The molecule has 1 N–H and O–H groups in total. The van der Waals surface area contributed by atoms with E-state index in [1.165, 1.54) is 0 Å². The summed E-state index contributed by atoms with van der Waals surface area (Å²) < 4.78 is 20.8. The van der Waals surface area contributed by atoms with Gasteiger partial charge in [0, 0.05) is 24.0 Å². The van der Waals surface area contributed by atoms with Crippen LogP contribution in [0.25, 0.3) is 0 Å². The van der Waals surface area contributed by atoms with Crippen molar-refractivity contribution in [3.05, 3.63) is 89.2 Å². The van der Waals surface area contributed by atoms with E-state index >= 15 is 0 Å². The summed E-state index contributed by atoms with van der Waals surface area (Å²) in [6.07, 6.45) is 4.41. The van der Waals surface area contributed by atoms with E-state index in [1.54, 1.807) is 36.7 Å². The summed E-state index contributed by atoms with van der Waals surface area (Å²) in [4.78, 5) is 16.9. The Bertz CT molecular complexity index is 1060. The number of ether oxygens (including phenoxy) is 1. The predicted octanol–water partition coefficient (Wildman–Crippen LogP) is 4.51. The Morgan fingerprint density at radius 2 is 1.97 bits per heavy atom. The topological polar surface area (TPSA) is 71.5 Å². The standard InChI is InChI=1S/C23H22ClN3O3S/c24-19-8-11-21(12-9-19)31(29)27-20(10-7-18-5-1-2-6-22(18)27)16-30-23(28)26-15-17-4-3-13-25-14-17/h1-6,8-9,11-14,20H,7,10,15-16H2,(H,26,28). The minimum absolute atomic E-state index is 0.131. The van der Waals surface area contributed by atoms with Crippen molar-refractivity contribution < 1.29 is 13.7 Å². The lowest BCUT2D eigenvalue weighted by Crippen LogP contribution is -2.44. The molecule has 0 spiro atoms. The highest BCUT2D eigenvalue weighted by Crippen LogP contribution is 2.34. The second kappa shape index (κ2) is 9.94. The molecule has 1 aliphatic heterocycles. The fourth-order valence-electron chi connectivity index (χ4n) is 3.51. The number of halogens is 1. The van der Waals surface area contributed by atoms with Gasteiger partial charge in [-0.3, -0.25) is 9.29 Å². The number of hydrogen-bond donors (Lipinski definition) is 1. The van der Waals surface area contributed by atoms with Gasteiger partial charge in [0.15, 0.2) is 11.0 Å². The van der Waals surface area contributed by atoms with E-state index in [2.05, 4.69) is 10.3 Å². The first-order chi connectivity index (χ1) is 15.1. The van der Waals surface area contributed by atoms with Gasteiger partial charge in [-0.1, -0.05) is 35.9 Å². The Labute approximate surface area is 188 Å². The van der Waals surface area contributed by atoms with Crippen molar-refractivity contribution >= 4 is 34.4 Å². The number of carbonyl (C=O) groups excluding carboxylic acids is 1. The summed E-state index contributed by atoms with van der Waals surface area (Å²) in [7, 11) is -1.46. The Balaban J connectivity index is 1.47. The molecule has 31 heavy (non-hydrogen) atoms. The van der Waals surface area contributed by atoms with Crippen molar-refractivity contribution in [2.24, 2.45) is 0 Å². The number of nitrogens with zero attached hydrogens (tertiary/aromatic N) is 2. The number of fused-ring (bicyclic) bond motifs is 1. The molecular formula is C23H22ClN3O3S. The van der Waals surface area contributed by atoms with E-state index in [9.17, 15) is 9.00 Å². The highest BCUT2D eigenvalue weighted by molar-refractivity contribution is 7.86. The molecule has 2 unspecified atom stereocenters. The Hall–Kier alpha value is -2.90. The van der Waals surface area contributed by atoms with Crippen LogP contribution in [-0.4, -0.2) is 27.9 Å². The highest BCUT2D eigenvalue weighted by Gasteiger charge is 2.32. The highest BCUT2D eigenvalue weighted by atomic mass is 35.5. The molecule has 4 rings (SSSR count). The van der Waals surface area contributed by atoms with E-state index in [0.717, 1.165) is 29.7 Å². The third-order valence-corrected chi connectivity index (χ3v) is 6.85. The summed E-state index contributed by atoms with van der Waals surface area (Å²) >= 11 is 5.99. The third kappa shape index (κ3) is 5.24. The first-order valence-corrected chi connectivity index (χ1v) is 11.4. The van der Waals surface area contributed by atoms with Gasteiger partial charge in [-0.15, -0.1) is 0 Å². The number of aryl methyl sites for hydroxylation is 1. The molecule has 160 valence electrons. The summed E-state index contributed by atoms with van der Waals surface area (Å²) in [5.74, 6) is 0. The number of amides is 1. The van der Waals surface area contributed by atoms with E-state index in [0.29, 0.717) is 16.5 Å². The summed E-state index contributed by atoms with van der Waals surface area (Å²) in [6.45, 7) is 0.465. The normalized spacial score (nSPS) is 16.3. The number of rotatable bonds is 6. The lowest BCUT2D eigenvalue weighted by Gasteiger charge is -2.37. The monoisotopic (exact) mass is 455 g/mol. The number of anilines is 1. The SMILES string of the molecule is O=C(NCc1cccnc1)OCC1CCc2ccccc2N1S(=O)c1ccc(Cl)cc1. The van der Waals surface area contributed by atoms with Crippen LogP contribution in [-0.2, 0) is 28.7 Å². The van der Waals surface area contributed by atoms with Gasteiger partial charge in [0.25, 0.3) is 0 Å². The quantitative estimate of drug-likeness (QED) is 0.593. The van der Waals surface area contributed by atoms with Crippen LogP contribution in [0.3, 0.4) is 0 Å². The molecule has 0 bridgehead atoms. The van der Waals surface area contributed by atoms with Gasteiger partial charge >= 0.3 is 6.09 Å². The molecule has 2 atom stereocenters. The molecule has 2 aromatic carbocycles. The minimum Gasteiger partial charge on any atom is -0.447 e. The molecule has 0 saturated heterocycles. The molecule has 2 heterocycles. The molecule has 1 aliphatic rings. The number of aromatic nitrogens is 1. The van der Waals surface area contributed by atoms with Crippen molar-refractivity contribution in [1.29, 1.82) is 0 Å². The number of para-hydroxylation sites is 1. The number of alkyl carbamates (subject to hydrolysis) is 1. The zero-order valence-corrected chi connectivity index (χ0v) is 18.3. The minimum atomic E-state index is -1.46. The number of nitrogens with one attached hydrogen (secondary N) is 1. The number of hydrogen-bond acceptors (Lipinski definition) is 4. The van der Waals surface area contributed by atoms with Gasteiger partial charge in [0.05, 0.1) is 16.6 Å². The van der Waals surface area contributed by atoms with Crippen LogP contribution < -0.4 is 9.62 Å². The lowest BCUT2D eigenvalue weighted by molar-refractivity contribution is 0.137. The molecule has 0 saturated carbocycles. The molecule has 8 heteroatoms. The van der Waals surface area contributed by atoms with E-state index in [4.69, 9.17) is 16.3 Å². The van der Waals surface area contributed by atoms with Gasteiger partial charge < -0.3 is 10.1 Å². The maximum absolute atomic E-state index is 13.5. The summed E-state index contributed by atoms with van der Waals surface area (Å²) in [5.41, 5.74) is 2.91. The molecule has 6 nitrogen and oxygen atoms in total. The zero-order chi connectivity index (χ0) is 21.6. The first-order valence-electron chi connectivity index (χ1n) is 9.96. The lowest BCUT2D eigenvalue weighted by atomic mass is 9.98. The van der Waals surface area contributed by atoms with Crippen molar-refractivity contribution in [2.45, 2.75) is 30.3 Å². The van der Waals surface area contributed by atoms with Gasteiger partial charge in [-0.25, -0.2) is 9.00 Å². The van der Waals surface area contributed by atoms with Gasteiger partial charge in [0.2, 0.25) is 0 Å². The molecule has 3 aromatic rings. The number of pyridine rings is 1. The van der Waals surface area contributed by atoms with Gasteiger partial charge in [-0.2, -0.15) is 0 Å². The largest absolute Gasteiger partial charge is 0.447 e. The van der Waals surface area contributed by atoms with Crippen LogP contribution in [0.1, 0.15) is 17.5 Å². The molecular weight excluding hydrogens is 434 g/mol. The molecule has 0 aliphatic carbocycles. The smallest absolute Gasteiger partial charge is 0.407 e. The number of carbonyl (C=O) groups is 1. The molecule has 0 radical (unpaired) electrons. The maximum atomic E-state index is 13.5. The molecule has 1 aromatic heterocycles. The van der Waals surface area contributed by atoms with Crippen LogP contribution in [0.2, 0.25) is 5.02 Å². The number of benzene rings is 2. The van der Waals surface area contributed by atoms with Gasteiger partial charge in [0.1, 0.15) is 6.61 Å². The van der Waals surface area contributed by atoms with Crippen molar-refractivity contribution in [2.75, 3.05) is 10.9 Å². The summed E-state index contributed by atoms with van der Waals surface area (Å²) in [6, 6.07) is 18.3. The van der Waals surface area contributed by atoms with Crippen LogP contribution in [0.15, 0.2) is 78.0 Å². The fraction of sp³-hybridized carbons (Fsp3) is 0.217. The average Bonchev–Trinajstić information content (AvgIpc) is 2.81. The van der Waals surface area contributed by atoms with Crippen molar-refractivity contribution in [3.8, 4) is 0 Å². The Morgan fingerprint density at radius 1 is 1.16 bits per heavy atom. The second-order valence-corrected chi connectivity index (χ2v) is 8.96. The van der Waals surface area contributed by atoms with Gasteiger partial charge in [-0.05, 0) is 60.4 Å². The molecule has 0 fully saturated rings. The Kier molecular flexibility index (Phi) is 6.84. The van der Waals surface area contributed by atoms with E-state index in [-0.39, 0.29) is 12.6 Å². The zero-order valence-electron chi connectivity index (χ0n) is 16.7.